The fourth-order valence-corrected chi connectivity index (χ4v) is 3.27. The number of hydrogen-bond acceptors (Lipinski definition) is 4. The van der Waals surface area contributed by atoms with Crippen molar-refractivity contribution in [2.24, 2.45) is 0 Å². The van der Waals surface area contributed by atoms with Gasteiger partial charge in [0.25, 0.3) is 5.91 Å². The third-order valence-corrected chi connectivity index (χ3v) is 4.72. The zero-order valence-electron chi connectivity index (χ0n) is 15.8. The highest BCUT2D eigenvalue weighted by molar-refractivity contribution is 6.06. The van der Waals surface area contributed by atoms with Gasteiger partial charge in [-0.15, -0.1) is 0 Å². The lowest BCUT2D eigenvalue weighted by atomic mass is 10.0. The van der Waals surface area contributed by atoms with Crippen LogP contribution in [0.5, 0.6) is 5.75 Å². The highest BCUT2D eigenvalue weighted by atomic mass is 16.3. The number of amides is 1. The molecule has 0 aliphatic carbocycles. The van der Waals surface area contributed by atoms with Gasteiger partial charge in [-0.25, -0.2) is 0 Å². The third kappa shape index (κ3) is 3.93. The molecule has 0 aliphatic heterocycles. The van der Waals surface area contributed by atoms with Crippen molar-refractivity contribution in [1.29, 1.82) is 0 Å². The highest BCUT2D eigenvalue weighted by Crippen LogP contribution is 2.24. The molecule has 5 nitrogen and oxygen atoms in total. The van der Waals surface area contributed by atoms with E-state index in [1.54, 1.807) is 29.2 Å². The van der Waals surface area contributed by atoms with Gasteiger partial charge >= 0.3 is 0 Å². The first-order chi connectivity index (χ1) is 12.9. The largest absolute Gasteiger partial charge is 0.508 e. The molecule has 140 valence electrons. The Labute approximate surface area is 158 Å². The molecule has 2 N–H and O–H groups in total. The number of aliphatic hydroxyl groups is 1. The zero-order valence-corrected chi connectivity index (χ0v) is 15.8. The smallest absolute Gasteiger partial charge is 0.254 e. The number of carbonyl (C=O) groups is 1. The van der Waals surface area contributed by atoms with Gasteiger partial charge in [-0.1, -0.05) is 30.3 Å². The lowest BCUT2D eigenvalue weighted by Crippen LogP contribution is -2.34. The quantitative estimate of drug-likeness (QED) is 0.723. The molecule has 3 rings (SSSR count). The van der Waals surface area contributed by atoms with Crippen LogP contribution in [0.15, 0.2) is 48.5 Å². The van der Waals surface area contributed by atoms with Gasteiger partial charge in [-0.3, -0.25) is 9.78 Å². The molecular weight excluding hydrogens is 340 g/mol. The number of phenols is 1. The average Bonchev–Trinajstić information content (AvgIpc) is 2.65. The third-order valence-electron chi connectivity index (χ3n) is 4.72. The molecular formula is C22H24N2O3. The van der Waals surface area contributed by atoms with E-state index >= 15 is 0 Å². The van der Waals surface area contributed by atoms with Crippen molar-refractivity contribution in [2.75, 3.05) is 13.1 Å². The molecule has 0 unspecified atom stereocenters. The SMILES string of the molecule is CCN(C[C@H](O)c1cccc(O)c1)C(=O)c1cc(C)nc2c(C)cccc12. The number of hydrogen-bond donors (Lipinski definition) is 2. The minimum absolute atomic E-state index is 0.0900. The van der Waals surface area contributed by atoms with Gasteiger partial charge in [-0.2, -0.15) is 0 Å². The van der Waals surface area contributed by atoms with Gasteiger partial charge in [0, 0.05) is 17.6 Å². The number of aryl methyl sites for hydroxylation is 2. The molecule has 0 spiro atoms. The fourth-order valence-electron chi connectivity index (χ4n) is 3.27. The summed E-state index contributed by atoms with van der Waals surface area (Å²) < 4.78 is 0. The Kier molecular flexibility index (Phi) is 5.42. The molecule has 1 heterocycles. The first-order valence-corrected chi connectivity index (χ1v) is 9.04. The van der Waals surface area contributed by atoms with E-state index in [1.807, 2.05) is 39.0 Å². The molecule has 0 bridgehead atoms. The second-order valence-corrected chi connectivity index (χ2v) is 6.74. The van der Waals surface area contributed by atoms with Gasteiger partial charge in [0.1, 0.15) is 5.75 Å². The maximum absolute atomic E-state index is 13.2. The van der Waals surface area contributed by atoms with Crippen molar-refractivity contribution in [3.05, 3.63) is 70.9 Å². The predicted octanol–water partition coefficient (Wildman–Crippen LogP) is 3.75. The number of aliphatic hydroxyl groups excluding tert-OH is 1. The number of rotatable bonds is 5. The molecule has 0 saturated carbocycles. The normalized spacial score (nSPS) is 12.1. The Morgan fingerprint density at radius 3 is 2.59 bits per heavy atom. The lowest BCUT2D eigenvalue weighted by molar-refractivity contribution is 0.0636. The molecule has 1 atom stereocenters. The number of nitrogens with zero attached hydrogens (tertiary/aromatic N) is 2. The topological polar surface area (TPSA) is 73.7 Å². The summed E-state index contributed by atoms with van der Waals surface area (Å²) in [5, 5.41) is 21.0. The molecule has 5 heteroatoms. The summed E-state index contributed by atoms with van der Waals surface area (Å²) in [5.41, 5.74) is 3.79. The number of pyridine rings is 1. The summed E-state index contributed by atoms with van der Waals surface area (Å²) in [7, 11) is 0. The summed E-state index contributed by atoms with van der Waals surface area (Å²) in [6, 6.07) is 14.1. The number of aromatic nitrogens is 1. The summed E-state index contributed by atoms with van der Waals surface area (Å²) in [4.78, 5) is 19.4. The first kappa shape index (κ1) is 18.9. The second kappa shape index (κ2) is 7.76. The number of phenolic OH excluding ortho intramolecular Hbond substituents is 1. The van der Waals surface area contributed by atoms with Gasteiger partial charge in [0.15, 0.2) is 0 Å². The van der Waals surface area contributed by atoms with Gasteiger partial charge in [0.05, 0.1) is 23.7 Å². The summed E-state index contributed by atoms with van der Waals surface area (Å²) >= 11 is 0. The van der Waals surface area contributed by atoms with Crippen LogP contribution in [0.25, 0.3) is 10.9 Å². The predicted molar refractivity (Wildman–Crippen MR) is 106 cm³/mol. The van der Waals surface area contributed by atoms with E-state index in [9.17, 15) is 15.0 Å². The van der Waals surface area contributed by atoms with E-state index in [4.69, 9.17) is 0 Å². The van der Waals surface area contributed by atoms with Crippen molar-refractivity contribution < 1.29 is 15.0 Å². The molecule has 2 aromatic carbocycles. The number of likely N-dealkylation sites (N-methyl/N-ethyl adjacent to an activating group) is 1. The average molecular weight is 364 g/mol. The van der Waals surface area contributed by atoms with Gasteiger partial charge < -0.3 is 15.1 Å². The Hall–Kier alpha value is -2.92. The standard InChI is InChI=1S/C22H24N2O3/c1-4-24(13-20(26)16-8-6-9-17(25)12-16)22(27)19-11-15(3)23-21-14(2)7-5-10-18(19)21/h5-12,20,25-26H,4,13H2,1-3H3/t20-/m0/s1. The maximum Gasteiger partial charge on any atom is 0.254 e. The van der Waals surface area contributed by atoms with Crippen LogP contribution in [-0.2, 0) is 0 Å². The summed E-state index contributed by atoms with van der Waals surface area (Å²) in [6.07, 6.45) is -0.878. The first-order valence-electron chi connectivity index (χ1n) is 9.04. The lowest BCUT2D eigenvalue weighted by Gasteiger charge is -2.25. The van der Waals surface area contributed by atoms with Crippen molar-refractivity contribution in [3.8, 4) is 5.75 Å². The van der Waals surface area contributed by atoms with Crippen LogP contribution in [0.3, 0.4) is 0 Å². The van der Waals surface area contributed by atoms with Crippen LogP contribution in [0.4, 0.5) is 0 Å². The van der Waals surface area contributed by atoms with E-state index in [0.717, 1.165) is 22.2 Å². The van der Waals surface area contributed by atoms with Crippen LogP contribution in [0, 0.1) is 13.8 Å². The number of aromatic hydroxyl groups is 1. The van der Waals surface area contributed by atoms with Crippen LogP contribution < -0.4 is 0 Å². The van der Waals surface area contributed by atoms with E-state index < -0.39 is 6.10 Å². The zero-order chi connectivity index (χ0) is 19.6. The summed E-state index contributed by atoms with van der Waals surface area (Å²) in [6.45, 7) is 6.35. The van der Waals surface area contributed by atoms with Gasteiger partial charge in [0.2, 0.25) is 0 Å². The fraction of sp³-hybridized carbons (Fsp3) is 0.273. The van der Waals surface area contributed by atoms with Crippen molar-refractivity contribution >= 4 is 16.8 Å². The molecule has 0 radical (unpaired) electrons. The van der Waals surface area contributed by atoms with E-state index in [0.29, 0.717) is 17.7 Å². The van der Waals surface area contributed by atoms with Crippen molar-refractivity contribution in [2.45, 2.75) is 26.9 Å². The van der Waals surface area contributed by atoms with E-state index in [1.165, 1.54) is 6.07 Å². The van der Waals surface area contributed by atoms with E-state index in [-0.39, 0.29) is 18.2 Å². The van der Waals surface area contributed by atoms with E-state index in [2.05, 4.69) is 4.98 Å². The molecule has 27 heavy (non-hydrogen) atoms. The van der Waals surface area contributed by atoms with Crippen LogP contribution >= 0.6 is 0 Å². The van der Waals surface area contributed by atoms with Crippen LogP contribution in [0.2, 0.25) is 0 Å². The minimum atomic E-state index is -0.878. The monoisotopic (exact) mass is 364 g/mol. The Morgan fingerprint density at radius 1 is 1.15 bits per heavy atom. The Balaban J connectivity index is 1.94. The molecule has 0 aliphatic rings. The van der Waals surface area contributed by atoms with Crippen molar-refractivity contribution in [1.82, 2.24) is 9.88 Å². The minimum Gasteiger partial charge on any atom is -0.508 e. The van der Waals surface area contributed by atoms with Crippen LogP contribution in [0.1, 0.15) is 40.2 Å². The number of fused-ring (bicyclic) bond motifs is 1. The molecule has 1 amide bonds. The number of carbonyl (C=O) groups excluding carboxylic acids is 1. The molecule has 1 aromatic heterocycles. The Morgan fingerprint density at radius 2 is 1.89 bits per heavy atom. The molecule has 3 aromatic rings. The maximum atomic E-state index is 13.2. The Bertz CT molecular complexity index is 984. The van der Waals surface area contributed by atoms with Crippen LogP contribution in [-0.4, -0.2) is 39.1 Å². The number of para-hydroxylation sites is 1. The number of benzene rings is 2. The second-order valence-electron chi connectivity index (χ2n) is 6.74. The van der Waals surface area contributed by atoms with Crippen molar-refractivity contribution in [3.63, 3.8) is 0 Å². The summed E-state index contributed by atoms with van der Waals surface area (Å²) in [5.74, 6) is -0.0510. The molecule has 0 fully saturated rings. The highest BCUT2D eigenvalue weighted by Gasteiger charge is 2.21. The molecule has 0 saturated heterocycles. The van der Waals surface area contributed by atoms with Gasteiger partial charge in [-0.05, 0) is 50.1 Å².